The molecular weight excluding hydrogens is 443 g/mol. The Morgan fingerprint density at radius 2 is 1.73 bits per heavy atom. The van der Waals surface area contributed by atoms with Crippen molar-refractivity contribution >= 4 is 19.5 Å². The van der Waals surface area contributed by atoms with E-state index in [1.54, 1.807) is 30.3 Å². The minimum absolute atomic E-state index is 0.0397. The van der Waals surface area contributed by atoms with Crippen LogP contribution in [0.2, 0.25) is 0 Å². The standard InChI is InChI=1S/C24H29N2O6P/c1-18(24(28)30-16-19-8-4-2-5-9-19)25-33(29,32-21-10-6-3-7-11-21)31-17-22-23(27)20-12-14-26(22)15-13-20/h2-11,18,20,22H,12-17H2,1H3,(H,25,29)/t18-,22?,33?/m0/s1. The van der Waals surface area contributed by atoms with E-state index < -0.39 is 25.8 Å². The number of carbonyl (C=O) groups is 2. The number of Topliss-reactive ketones (excluding diaryl/α,β-unsaturated/α-hetero) is 1. The molecule has 1 N–H and O–H groups in total. The number of nitrogens with zero attached hydrogens (tertiary/aromatic N) is 1. The van der Waals surface area contributed by atoms with Crippen molar-refractivity contribution in [3.05, 3.63) is 66.2 Å². The summed E-state index contributed by atoms with van der Waals surface area (Å²) in [6.45, 7) is 3.21. The van der Waals surface area contributed by atoms with Crippen LogP contribution in [0.4, 0.5) is 0 Å². The fraction of sp³-hybridized carbons (Fsp3) is 0.417. The van der Waals surface area contributed by atoms with Crippen molar-refractivity contribution in [1.82, 2.24) is 9.99 Å². The third-order valence-electron chi connectivity index (χ3n) is 6.00. The molecule has 0 radical (unpaired) electrons. The second kappa shape index (κ2) is 10.6. The first-order chi connectivity index (χ1) is 15.9. The van der Waals surface area contributed by atoms with E-state index >= 15 is 0 Å². The van der Waals surface area contributed by atoms with Gasteiger partial charge in [-0.15, -0.1) is 0 Å². The number of rotatable bonds is 10. The van der Waals surface area contributed by atoms with E-state index in [1.165, 1.54) is 6.92 Å². The molecule has 33 heavy (non-hydrogen) atoms. The van der Waals surface area contributed by atoms with Crippen LogP contribution in [0.25, 0.3) is 0 Å². The summed E-state index contributed by atoms with van der Waals surface area (Å²) >= 11 is 0. The molecule has 0 aliphatic carbocycles. The molecule has 5 rings (SSSR count). The summed E-state index contributed by atoms with van der Waals surface area (Å²) in [5, 5.41) is 2.68. The summed E-state index contributed by atoms with van der Waals surface area (Å²) in [6, 6.07) is 16.5. The Kier molecular flexibility index (Phi) is 7.60. The Labute approximate surface area is 193 Å². The summed E-state index contributed by atoms with van der Waals surface area (Å²) < 4.78 is 30.4. The number of ether oxygens (including phenoxy) is 1. The molecule has 0 aromatic heterocycles. The van der Waals surface area contributed by atoms with Crippen LogP contribution in [0.1, 0.15) is 25.3 Å². The molecule has 0 amide bonds. The molecule has 8 nitrogen and oxygen atoms in total. The van der Waals surface area contributed by atoms with Crippen molar-refractivity contribution in [3.8, 4) is 5.75 Å². The topological polar surface area (TPSA) is 94.2 Å². The van der Waals surface area contributed by atoms with Crippen LogP contribution < -0.4 is 9.61 Å². The molecule has 3 heterocycles. The van der Waals surface area contributed by atoms with E-state index in [1.807, 2.05) is 30.3 Å². The van der Waals surface area contributed by atoms with E-state index in [0.717, 1.165) is 31.5 Å². The van der Waals surface area contributed by atoms with Gasteiger partial charge in [-0.25, -0.2) is 4.57 Å². The molecule has 3 aliphatic rings. The minimum atomic E-state index is -3.99. The van der Waals surface area contributed by atoms with Crippen molar-refractivity contribution in [1.29, 1.82) is 0 Å². The third kappa shape index (κ3) is 6.09. The van der Waals surface area contributed by atoms with Crippen molar-refractivity contribution in [2.45, 2.75) is 38.5 Å². The highest BCUT2D eigenvalue weighted by molar-refractivity contribution is 7.52. The molecule has 2 unspecified atom stereocenters. The number of hydrogen-bond donors (Lipinski definition) is 1. The first kappa shape index (κ1) is 23.6. The fourth-order valence-corrected chi connectivity index (χ4v) is 5.65. The Bertz CT molecular complexity index is 995. The van der Waals surface area contributed by atoms with Crippen LogP contribution in [0, 0.1) is 5.92 Å². The fourth-order valence-electron chi connectivity index (χ4n) is 4.16. The summed E-state index contributed by atoms with van der Waals surface area (Å²) in [6.07, 6.45) is 1.71. The molecule has 3 fully saturated rings. The Morgan fingerprint density at radius 1 is 1.09 bits per heavy atom. The molecule has 9 heteroatoms. The lowest BCUT2D eigenvalue weighted by atomic mass is 9.82. The second-order valence-electron chi connectivity index (χ2n) is 8.37. The van der Waals surface area contributed by atoms with Gasteiger partial charge in [0, 0.05) is 5.92 Å². The van der Waals surface area contributed by atoms with E-state index in [0.29, 0.717) is 5.75 Å². The molecule has 0 spiro atoms. The monoisotopic (exact) mass is 472 g/mol. The van der Waals surface area contributed by atoms with E-state index in [4.69, 9.17) is 13.8 Å². The van der Waals surface area contributed by atoms with Gasteiger partial charge in [0.1, 0.15) is 18.4 Å². The smallest absolute Gasteiger partial charge is 0.459 e. The first-order valence-corrected chi connectivity index (χ1v) is 12.7. The van der Waals surface area contributed by atoms with Crippen LogP contribution >= 0.6 is 7.75 Å². The van der Waals surface area contributed by atoms with Crippen LogP contribution in [0.5, 0.6) is 5.75 Å². The second-order valence-corrected chi connectivity index (χ2v) is 10.1. The minimum Gasteiger partial charge on any atom is -0.460 e. The van der Waals surface area contributed by atoms with E-state index in [-0.39, 0.29) is 24.9 Å². The van der Waals surface area contributed by atoms with Crippen molar-refractivity contribution in [2.24, 2.45) is 5.92 Å². The van der Waals surface area contributed by atoms with Crippen LogP contribution in [-0.2, 0) is 30.0 Å². The maximum atomic E-state index is 13.6. The van der Waals surface area contributed by atoms with Crippen molar-refractivity contribution < 1.29 is 27.9 Å². The number of esters is 1. The number of fused-ring (bicyclic) bond motifs is 3. The van der Waals surface area contributed by atoms with Gasteiger partial charge in [-0.3, -0.25) is 19.0 Å². The van der Waals surface area contributed by atoms with E-state index in [9.17, 15) is 14.2 Å². The van der Waals surface area contributed by atoms with E-state index in [2.05, 4.69) is 9.99 Å². The normalized spacial score (nSPS) is 24.6. The average Bonchev–Trinajstić information content (AvgIpc) is 2.84. The number of benzene rings is 2. The van der Waals surface area contributed by atoms with Crippen LogP contribution in [0.15, 0.2) is 60.7 Å². The van der Waals surface area contributed by atoms with Crippen molar-refractivity contribution in [3.63, 3.8) is 0 Å². The highest BCUT2D eigenvalue weighted by Gasteiger charge is 2.43. The Balaban J connectivity index is 1.41. The van der Waals surface area contributed by atoms with Crippen LogP contribution in [-0.4, -0.2) is 48.4 Å². The molecule has 176 valence electrons. The van der Waals surface area contributed by atoms with Gasteiger partial charge in [-0.2, -0.15) is 5.09 Å². The largest absolute Gasteiger partial charge is 0.460 e. The maximum Gasteiger partial charge on any atom is 0.459 e. The number of piperidine rings is 3. The summed E-state index contributed by atoms with van der Waals surface area (Å²) in [4.78, 5) is 27.3. The van der Waals surface area contributed by atoms with Gasteiger partial charge >= 0.3 is 13.7 Å². The first-order valence-electron chi connectivity index (χ1n) is 11.2. The van der Waals surface area contributed by atoms with Gasteiger partial charge < -0.3 is 9.26 Å². The molecule has 3 saturated heterocycles. The number of para-hydroxylation sites is 1. The predicted molar refractivity (Wildman–Crippen MR) is 123 cm³/mol. The Hall–Kier alpha value is -2.51. The molecule has 2 aromatic carbocycles. The predicted octanol–water partition coefficient (Wildman–Crippen LogP) is 3.57. The molecular formula is C24H29N2O6P. The highest BCUT2D eigenvalue weighted by atomic mass is 31.2. The zero-order valence-electron chi connectivity index (χ0n) is 18.6. The third-order valence-corrected chi connectivity index (χ3v) is 7.65. The zero-order valence-corrected chi connectivity index (χ0v) is 19.5. The highest BCUT2D eigenvalue weighted by Crippen LogP contribution is 2.45. The molecule has 3 atom stereocenters. The number of hydrogen-bond acceptors (Lipinski definition) is 7. The van der Waals surface area contributed by atoms with Crippen molar-refractivity contribution in [2.75, 3.05) is 19.7 Å². The lowest BCUT2D eigenvalue weighted by Crippen LogP contribution is -2.57. The average molecular weight is 472 g/mol. The number of ketones is 1. The van der Waals surface area contributed by atoms with Gasteiger partial charge in [-0.1, -0.05) is 48.5 Å². The SMILES string of the molecule is C[C@H](NP(=O)(OCC1C(=O)C2CCN1CC2)Oc1ccccc1)C(=O)OCc1ccccc1. The van der Waals surface area contributed by atoms with Gasteiger partial charge in [0.05, 0.1) is 12.6 Å². The quantitative estimate of drug-likeness (QED) is 0.414. The van der Waals surface area contributed by atoms with Gasteiger partial charge in [0.25, 0.3) is 0 Å². The zero-order chi connectivity index (χ0) is 23.3. The summed E-state index contributed by atoms with van der Waals surface area (Å²) in [5.41, 5.74) is 0.845. The number of nitrogens with one attached hydrogen (secondary N) is 1. The Morgan fingerprint density at radius 3 is 2.36 bits per heavy atom. The summed E-state index contributed by atoms with van der Waals surface area (Å²) in [7, 11) is -3.99. The lowest BCUT2D eigenvalue weighted by molar-refractivity contribution is -0.146. The molecule has 0 saturated carbocycles. The van der Waals surface area contributed by atoms with Gasteiger partial charge in [0.2, 0.25) is 0 Å². The van der Waals surface area contributed by atoms with Crippen LogP contribution in [0.3, 0.4) is 0 Å². The summed E-state index contributed by atoms with van der Waals surface area (Å²) in [5.74, 6) is -0.0992. The maximum absolute atomic E-state index is 13.6. The molecule has 2 bridgehead atoms. The van der Waals surface area contributed by atoms with Gasteiger partial charge in [0.15, 0.2) is 5.78 Å². The molecule has 3 aliphatic heterocycles. The lowest BCUT2D eigenvalue weighted by Gasteiger charge is -2.43. The number of carbonyl (C=O) groups excluding carboxylic acids is 2. The molecule has 2 aromatic rings. The van der Waals surface area contributed by atoms with Gasteiger partial charge in [-0.05, 0) is 50.6 Å².